The lowest BCUT2D eigenvalue weighted by atomic mass is 10.2. The zero-order valence-corrected chi connectivity index (χ0v) is 21.6. The van der Waals surface area contributed by atoms with Gasteiger partial charge in [-0.2, -0.15) is 10.1 Å². The lowest BCUT2D eigenvalue weighted by molar-refractivity contribution is 0.150. The van der Waals surface area contributed by atoms with E-state index in [1.165, 1.54) is 0 Å². The molecule has 0 bridgehead atoms. The number of β-amino-alcohol motifs (C(OH)–C–C–N with tert-alkyl or cyclic N) is 1. The fourth-order valence-electron chi connectivity index (χ4n) is 5.03. The standard InChI is InChI=1S/C26H32ClN7O2/c1-4-9-33-17(3)25(27)22-10-19(5-6-23(22)33)29-26-28-8-7-24(30-26)34-13-18(16(2)31-34)12-32-14-21(36)11-20(32)15-35/h5-8,10,13,20-21,35-36H,4,9,11-12,14-15H2,1-3H3,(H,28,29,30)/t20-,21+/m0/s1. The number of nitrogens with zero attached hydrogens (tertiary/aromatic N) is 6. The molecule has 3 aromatic heterocycles. The van der Waals surface area contributed by atoms with Gasteiger partial charge in [-0.15, -0.1) is 0 Å². The van der Waals surface area contributed by atoms with Crippen LogP contribution in [0.3, 0.4) is 0 Å². The molecule has 2 atom stereocenters. The van der Waals surface area contributed by atoms with Gasteiger partial charge in [0.2, 0.25) is 5.95 Å². The normalized spacial score (nSPS) is 18.4. The van der Waals surface area contributed by atoms with Crippen LogP contribution in [-0.2, 0) is 13.1 Å². The first-order chi connectivity index (χ1) is 17.4. The second-order valence-electron chi connectivity index (χ2n) is 9.49. The van der Waals surface area contributed by atoms with Crippen molar-refractivity contribution in [2.45, 2.75) is 58.8 Å². The van der Waals surface area contributed by atoms with E-state index in [2.05, 4.69) is 42.8 Å². The number of rotatable bonds is 8. The Balaban J connectivity index is 1.36. The molecule has 5 rings (SSSR count). The van der Waals surface area contributed by atoms with Crippen molar-refractivity contribution in [3.63, 3.8) is 0 Å². The zero-order chi connectivity index (χ0) is 25.4. The molecule has 190 valence electrons. The Morgan fingerprint density at radius 2 is 2.06 bits per heavy atom. The largest absolute Gasteiger partial charge is 0.395 e. The van der Waals surface area contributed by atoms with Crippen molar-refractivity contribution >= 4 is 34.1 Å². The molecule has 0 saturated carbocycles. The summed E-state index contributed by atoms with van der Waals surface area (Å²) in [6.07, 6.45) is 4.87. The molecule has 10 heteroatoms. The van der Waals surface area contributed by atoms with Crippen molar-refractivity contribution in [2.24, 2.45) is 0 Å². The average Bonchev–Trinajstić information content (AvgIpc) is 3.49. The minimum atomic E-state index is -0.406. The van der Waals surface area contributed by atoms with Gasteiger partial charge in [-0.3, -0.25) is 4.90 Å². The molecule has 0 unspecified atom stereocenters. The summed E-state index contributed by atoms with van der Waals surface area (Å²) in [4.78, 5) is 11.2. The Labute approximate surface area is 215 Å². The number of nitrogens with one attached hydrogen (secondary N) is 1. The maximum atomic E-state index is 9.99. The first-order valence-electron chi connectivity index (χ1n) is 12.3. The van der Waals surface area contributed by atoms with Crippen LogP contribution in [0.2, 0.25) is 5.02 Å². The van der Waals surface area contributed by atoms with Gasteiger partial charge >= 0.3 is 0 Å². The summed E-state index contributed by atoms with van der Waals surface area (Å²) in [6.45, 7) is 8.29. The van der Waals surface area contributed by atoms with E-state index in [9.17, 15) is 10.2 Å². The fraction of sp³-hybridized carbons (Fsp3) is 0.423. The molecule has 1 saturated heterocycles. The molecule has 0 spiro atoms. The lowest BCUT2D eigenvalue weighted by Crippen LogP contribution is -2.32. The summed E-state index contributed by atoms with van der Waals surface area (Å²) in [7, 11) is 0. The number of aliphatic hydroxyl groups excluding tert-OH is 2. The van der Waals surface area contributed by atoms with E-state index in [4.69, 9.17) is 11.6 Å². The Morgan fingerprint density at radius 1 is 1.22 bits per heavy atom. The molecule has 3 N–H and O–H groups in total. The Kier molecular flexibility index (Phi) is 6.98. The molecule has 0 radical (unpaired) electrons. The monoisotopic (exact) mass is 509 g/mol. The van der Waals surface area contributed by atoms with E-state index in [1.807, 2.05) is 38.2 Å². The number of hydrogen-bond donors (Lipinski definition) is 3. The van der Waals surface area contributed by atoms with Crippen molar-refractivity contribution in [1.82, 2.24) is 29.2 Å². The lowest BCUT2D eigenvalue weighted by Gasteiger charge is -2.21. The molecule has 1 aliphatic rings. The number of likely N-dealkylation sites (tertiary alicyclic amines) is 1. The highest BCUT2D eigenvalue weighted by Crippen LogP contribution is 2.33. The van der Waals surface area contributed by atoms with Crippen molar-refractivity contribution < 1.29 is 10.2 Å². The van der Waals surface area contributed by atoms with Gasteiger partial charge in [-0.25, -0.2) is 9.67 Å². The van der Waals surface area contributed by atoms with E-state index >= 15 is 0 Å². The molecule has 36 heavy (non-hydrogen) atoms. The zero-order valence-electron chi connectivity index (χ0n) is 20.8. The van der Waals surface area contributed by atoms with Crippen molar-refractivity contribution in [1.29, 1.82) is 0 Å². The number of anilines is 2. The average molecular weight is 510 g/mol. The maximum absolute atomic E-state index is 9.99. The van der Waals surface area contributed by atoms with E-state index in [0.29, 0.717) is 31.3 Å². The van der Waals surface area contributed by atoms with Crippen LogP contribution in [0.25, 0.3) is 16.7 Å². The van der Waals surface area contributed by atoms with Crippen LogP contribution in [0.4, 0.5) is 11.6 Å². The molecule has 0 amide bonds. The van der Waals surface area contributed by atoms with Crippen molar-refractivity contribution in [3.8, 4) is 5.82 Å². The minimum Gasteiger partial charge on any atom is -0.395 e. The fourth-order valence-corrected chi connectivity index (χ4v) is 5.28. The topological polar surface area (TPSA) is 104 Å². The second-order valence-corrected chi connectivity index (χ2v) is 9.86. The summed E-state index contributed by atoms with van der Waals surface area (Å²) in [5, 5.41) is 29.4. The van der Waals surface area contributed by atoms with Gasteiger partial charge in [0.25, 0.3) is 0 Å². The molecule has 1 aliphatic heterocycles. The van der Waals surface area contributed by atoms with Crippen LogP contribution in [0.5, 0.6) is 0 Å². The third kappa shape index (κ3) is 4.71. The smallest absolute Gasteiger partial charge is 0.229 e. The molecular weight excluding hydrogens is 478 g/mol. The number of halogens is 1. The molecule has 4 aromatic rings. The van der Waals surface area contributed by atoms with Gasteiger partial charge in [0, 0.05) is 72.0 Å². The number of aliphatic hydroxyl groups is 2. The van der Waals surface area contributed by atoms with Gasteiger partial charge in [0.05, 0.1) is 23.4 Å². The van der Waals surface area contributed by atoms with Crippen LogP contribution >= 0.6 is 11.6 Å². The van der Waals surface area contributed by atoms with Gasteiger partial charge in [-0.1, -0.05) is 18.5 Å². The number of aromatic nitrogens is 5. The molecule has 4 heterocycles. The second kappa shape index (κ2) is 10.2. The van der Waals surface area contributed by atoms with Gasteiger partial charge < -0.3 is 20.1 Å². The quantitative estimate of drug-likeness (QED) is 0.330. The summed E-state index contributed by atoms with van der Waals surface area (Å²) in [6, 6.07) is 7.90. The molecule has 9 nitrogen and oxygen atoms in total. The summed E-state index contributed by atoms with van der Waals surface area (Å²) < 4.78 is 3.99. The first kappa shape index (κ1) is 24.7. The Hall–Kier alpha value is -2.98. The highest BCUT2D eigenvalue weighted by Gasteiger charge is 2.30. The predicted octanol–water partition coefficient (Wildman–Crippen LogP) is 3.97. The summed E-state index contributed by atoms with van der Waals surface area (Å²) in [5.74, 6) is 1.11. The number of benzene rings is 1. The molecule has 1 aromatic carbocycles. The van der Waals surface area contributed by atoms with E-state index in [-0.39, 0.29) is 12.6 Å². The van der Waals surface area contributed by atoms with Crippen LogP contribution in [-0.4, -0.2) is 64.7 Å². The molecule has 0 aliphatic carbocycles. The highest BCUT2D eigenvalue weighted by atomic mass is 35.5. The van der Waals surface area contributed by atoms with E-state index in [0.717, 1.165) is 51.5 Å². The number of aryl methyl sites for hydroxylation is 2. The predicted molar refractivity (Wildman–Crippen MR) is 141 cm³/mol. The van der Waals surface area contributed by atoms with Crippen LogP contribution < -0.4 is 5.32 Å². The van der Waals surface area contributed by atoms with Crippen molar-refractivity contribution in [3.05, 3.63) is 58.6 Å². The molecule has 1 fully saturated rings. The third-order valence-corrected chi connectivity index (χ3v) is 7.39. The van der Waals surface area contributed by atoms with Gasteiger partial charge in [0.15, 0.2) is 5.82 Å². The Morgan fingerprint density at radius 3 is 2.83 bits per heavy atom. The van der Waals surface area contributed by atoms with Gasteiger partial charge in [0.1, 0.15) is 0 Å². The number of hydrogen-bond acceptors (Lipinski definition) is 7. The minimum absolute atomic E-state index is 0.0328. The van der Waals surface area contributed by atoms with Crippen LogP contribution in [0, 0.1) is 13.8 Å². The maximum Gasteiger partial charge on any atom is 0.229 e. The molecular formula is C26H32ClN7O2. The SMILES string of the molecule is CCCn1c(C)c(Cl)c2cc(Nc3nccc(-n4cc(CN5C[C@H](O)C[C@H]5CO)c(C)n4)n3)ccc21. The first-order valence-corrected chi connectivity index (χ1v) is 12.7. The van der Waals surface area contributed by atoms with Crippen molar-refractivity contribution in [2.75, 3.05) is 18.5 Å². The van der Waals surface area contributed by atoms with E-state index in [1.54, 1.807) is 10.9 Å². The summed E-state index contributed by atoms with van der Waals surface area (Å²) in [5.41, 5.74) is 4.96. The number of fused-ring (bicyclic) bond motifs is 1. The Bertz CT molecular complexity index is 1380. The summed E-state index contributed by atoms with van der Waals surface area (Å²) >= 11 is 6.64. The van der Waals surface area contributed by atoms with E-state index < -0.39 is 6.10 Å². The van der Waals surface area contributed by atoms with Crippen LogP contribution in [0.1, 0.15) is 36.7 Å². The van der Waals surface area contributed by atoms with Crippen LogP contribution in [0.15, 0.2) is 36.7 Å². The third-order valence-electron chi connectivity index (χ3n) is 6.92. The highest BCUT2D eigenvalue weighted by molar-refractivity contribution is 6.36. The van der Waals surface area contributed by atoms with Gasteiger partial charge in [-0.05, 0) is 44.9 Å².